The van der Waals surface area contributed by atoms with Crippen molar-refractivity contribution < 1.29 is 19.7 Å². The first kappa shape index (κ1) is 18.8. The summed E-state index contributed by atoms with van der Waals surface area (Å²) in [6.07, 6.45) is -1.72. The van der Waals surface area contributed by atoms with Crippen molar-refractivity contribution in [2.45, 2.75) is 38.5 Å². The first-order valence-corrected chi connectivity index (χ1v) is 6.17. The molecule has 0 spiro atoms. The molecule has 114 valence electrons. The third-order valence-corrected chi connectivity index (χ3v) is 2.40. The van der Waals surface area contributed by atoms with Crippen LogP contribution in [-0.2, 0) is 4.74 Å². The summed E-state index contributed by atoms with van der Waals surface area (Å²) in [5.41, 5.74) is 0.0880. The van der Waals surface area contributed by atoms with E-state index in [1.807, 2.05) is 6.07 Å². The van der Waals surface area contributed by atoms with Gasteiger partial charge >= 0.3 is 6.09 Å². The highest BCUT2D eigenvalue weighted by Gasteiger charge is 2.25. The van der Waals surface area contributed by atoms with Gasteiger partial charge in [-0.3, -0.25) is 0 Å². The zero-order chi connectivity index (χ0) is 14.5. The number of aliphatic hydroxyl groups excluding tert-OH is 2. The topological polar surface area (TPSA) is 78.8 Å². The van der Waals surface area contributed by atoms with Crippen molar-refractivity contribution in [3.8, 4) is 0 Å². The second kappa shape index (κ2) is 8.14. The molecule has 0 unspecified atom stereocenters. The van der Waals surface area contributed by atoms with Crippen LogP contribution in [0.15, 0.2) is 30.3 Å². The number of ether oxygens (including phenoxy) is 1. The van der Waals surface area contributed by atoms with E-state index < -0.39 is 30.4 Å². The number of rotatable bonds is 4. The average Bonchev–Trinajstić information content (AvgIpc) is 2.34. The third kappa shape index (κ3) is 6.27. The first-order chi connectivity index (χ1) is 8.83. The number of hydrogen-bond acceptors (Lipinski definition) is 4. The van der Waals surface area contributed by atoms with E-state index in [1.165, 1.54) is 0 Å². The summed E-state index contributed by atoms with van der Waals surface area (Å²) in [4.78, 5) is 11.7. The molecular weight excluding hydrogens is 278 g/mol. The van der Waals surface area contributed by atoms with Crippen LogP contribution in [0.4, 0.5) is 4.79 Å². The van der Waals surface area contributed by atoms with Crippen molar-refractivity contribution >= 4 is 19.6 Å². The monoisotopic (exact) mass is 301 g/mol. The maximum atomic E-state index is 11.7. The largest absolute Gasteiger partial charge is 0.444 e. The predicted octanol–water partition coefficient (Wildman–Crippen LogP) is 1.72. The van der Waals surface area contributed by atoms with E-state index in [-0.39, 0.29) is 13.5 Å². The van der Waals surface area contributed by atoms with Crippen LogP contribution in [0, 0.1) is 0 Å². The lowest BCUT2D eigenvalue weighted by Gasteiger charge is -2.26. The van der Waals surface area contributed by atoms with E-state index in [4.69, 9.17) is 9.84 Å². The van der Waals surface area contributed by atoms with Gasteiger partial charge in [-0.2, -0.15) is 13.5 Å². The summed E-state index contributed by atoms with van der Waals surface area (Å²) in [6, 6.07) is 8.24. The fourth-order valence-electron chi connectivity index (χ4n) is 1.60. The molecule has 0 aliphatic rings. The number of benzene rings is 1. The Hall–Kier alpha value is -1.24. The number of carbonyl (C=O) groups excluding carboxylic acids is 1. The molecule has 3 N–H and O–H groups in total. The van der Waals surface area contributed by atoms with Crippen LogP contribution in [0.25, 0.3) is 0 Å². The normalized spacial score (nSPS) is 13.8. The van der Waals surface area contributed by atoms with Crippen molar-refractivity contribution in [1.82, 2.24) is 5.32 Å². The highest BCUT2D eigenvalue weighted by atomic mass is 32.1. The Bertz CT molecular complexity index is 405. The fourth-order valence-corrected chi connectivity index (χ4v) is 1.60. The highest BCUT2D eigenvalue weighted by molar-refractivity contribution is 7.59. The quantitative estimate of drug-likeness (QED) is 0.791. The fraction of sp³-hybridized carbons (Fsp3) is 0.500. The Balaban J connectivity index is 0.00000361. The molecule has 1 amide bonds. The molecule has 1 aromatic carbocycles. The minimum Gasteiger partial charge on any atom is -0.444 e. The molecule has 0 saturated carbocycles. The Kier molecular flexibility index (Phi) is 7.63. The molecule has 1 rings (SSSR count). The van der Waals surface area contributed by atoms with Crippen LogP contribution in [0.1, 0.15) is 32.4 Å². The standard InChI is InChI=1S/C14H21NO4.H2S/c1-14(2,3)19-13(18)15-12(11(17)9-16)10-7-5-4-6-8-10;/h4-8,11-12,16-17H,9H2,1-3H3,(H,15,18);1H2/t11-,12-;/m1./s1. The van der Waals surface area contributed by atoms with Gasteiger partial charge in [0.1, 0.15) is 11.7 Å². The van der Waals surface area contributed by atoms with Gasteiger partial charge in [-0.15, -0.1) is 0 Å². The molecule has 0 saturated heterocycles. The van der Waals surface area contributed by atoms with Gasteiger partial charge < -0.3 is 20.3 Å². The Morgan fingerprint density at radius 2 is 1.85 bits per heavy atom. The van der Waals surface area contributed by atoms with E-state index in [2.05, 4.69) is 5.32 Å². The molecule has 0 fully saturated rings. The van der Waals surface area contributed by atoms with Crippen LogP contribution in [-0.4, -0.2) is 34.6 Å². The summed E-state index contributed by atoms with van der Waals surface area (Å²) in [6.45, 7) is 4.82. The molecular formula is C14H23NO4S. The molecule has 0 bridgehead atoms. The molecule has 0 radical (unpaired) electrons. The molecule has 0 aliphatic heterocycles. The lowest BCUT2D eigenvalue weighted by Crippen LogP contribution is -2.40. The van der Waals surface area contributed by atoms with Crippen molar-refractivity contribution in [1.29, 1.82) is 0 Å². The van der Waals surface area contributed by atoms with Gasteiger partial charge in [0, 0.05) is 0 Å². The zero-order valence-electron chi connectivity index (χ0n) is 12.0. The summed E-state index contributed by atoms with van der Waals surface area (Å²) in [7, 11) is 0. The van der Waals surface area contributed by atoms with Gasteiger partial charge in [0.25, 0.3) is 0 Å². The van der Waals surface area contributed by atoms with E-state index in [0.717, 1.165) is 0 Å². The minimum atomic E-state index is -1.09. The van der Waals surface area contributed by atoms with Crippen LogP contribution in [0.3, 0.4) is 0 Å². The summed E-state index contributed by atoms with van der Waals surface area (Å²) < 4.78 is 5.14. The molecule has 20 heavy (non-hydrogen) atoms. The second-order valence-corrected chi connectivity index (χ2v) is 5.28. The van der Waals surface area contributed by atoms with Crippen LogP contribution in [0.2, 0.25) is 0 Å². The van der Waals surface area contributed by atoms with Crippen molar-refractivity contribution in [3.05, 3.63) is 35.9 Å². The number of aliphatic hydroxyl groups is 2. The maximum Gasteiger partial charge on any atom is 0.408 e. The number of nitrogens with one attached hydrogen (secondary N) is 1. The smallest absolute Gasteiger partial charge is 0.408 e. The Labute approximate surface area is 126 Å². The van der Waals surface area contributed by atoms with Gasteiger partial charge in [-0.05, 0) is 26.3 Å². The lowest BCUT2D eigenvalue weighted by molar-refractivity contribution is 0.0316. The average molecular weight is 301 g/mol. The zero-order valence-corrected chi connectivity index (χ0v) is 13.0. The van der Waals surface area contributed by atoms with Gasteiger partial charge in [0.2, 0.25) is 0 Å². The number of amides is 1. The molecule has 2 atom stereocenters. The first-order valence-electron chi connectivity index (χ1n) is 6.17. The van der Waals surface area contributed by atoms with Crippen LogP contribution >= 0.6 is 13.5 Å². The summed E-state index contributed by atoms with van der Waals surface area (Å²) >= 11 is 0. The van der Waals surface area contributed by atoms with E-state index in [0.29, 0.717) is 5.56 Å². The summed E-state index contributed by atoms with van der Waals surface area (Å²) in [5.74, 6) is 0. The number of carbonyl (C=O) groups is 1. The van der Waals surface area contributed by atoms with Crippen molar-refractivity contribution in [2.75, 3.05) is 6.61 Å². The Morgan fingerprint density at radius 3 is 2.30 bits per heavy atom. The van der Waals surface area contributed by atoms with Gasteiger partial charge in [0.05, 0.1) is 12.6 Å². The number of alkyl carbamates (subject to hydrolysis) is 1. The molecule has 5 nitrogen and oxygen atoms in total. The molecule has 0 aliphatic carbocycles. The van der Waals surface area contributed by atoms with Crippen molar-refractivity contribution in [2.24, 2.45) is 0 Å². The van der Waals surface area contributed by atoms with E-state index in [1.54, 1.807) is 45.0 Å². The van der Waals surface area contributed by atoms with Crippen molar-refractivity contribution in [3.63, 3.8) is 0 Å². The Morgan fingerprint density at radius 1 is 1.30 bits per heavy atom. The maximum absolute atomic E-state index is 11.7. The number of hydrogen-bond donors (Lipinski definition) is 3. The molecule has 0 aromatic heterocycles. The van der Waals surface area contributed by atoms with Gasteiger partial charge in [-0.25, -0.2) is 4.79 Å². The third-order valence-electron chi connectivity index (χ3n) is 2.40. The highest BCUT2D eigenvalue weighted by Crippen LogP contribution is 2.18. The molecule has 6 heteroatoms. The van der Waals surface area contributed by atoms with E-state index in [9.17, 15) is 9.90 Å². The summed E-state index contributed by atoms with van der Waals surface area (Å²) in [5, 5.41) is 21.4. The van der Waals surface area contributed by atoms with E-state index >= 15 is 0 Å². The van der Waals surface area contributed by atoms with Crippen LogP contribution < -0.4 is 5.32 Å². The SMILES string of the molecule is CC(C)(C)OC(=O)N[C@H](c1ccccc1)[C@H](O)CO.S. The van der Waals surface area contributed by atoms with Gasteiger partial charge in [-0.1, -0.05) is 30.3 Å². The molecule has 0 heterocycles. The second-order valence-electron chi connectivity index (χ2n) is 5.28. The lowest BCUT2D eigenvalue weighted by atomic mass is 10.0. The van der Waals surface area contributed by atoms with Gasteiger partial charge in [0.15, 0.2) is 0 Å². The molecule has 1 aromatic rings. The van der Waals surface area contributed by atoms with Crippen LogP contribution in [0.5, 0.6) is 0 Å². The predicted molar refractivity (Wildman–Crippen MR) is 82.0 cm³/mol. The minimum absolute atomic E-state index is 0.